The minimum absolute atomic E-state index is 0.0515. The first-order valence-electron chi connectivity index (χ1n) is 6.29. The number of carboxylic acids is 1. The first-order chi connectivity index (χ1) is 8.70. The van der Waals surface area contributed by atoms with Crippen LogP contribution >= 0.6 is 0 Å². The maximum absolute atomic E-state index is 12.4. The van der Waals surface area contributed by atoms with Crippen molar-refractivity contribution in [2.24, 2.45) is 11.8 Å². The van der Waals surface area contributed by atoms with Crippen molar-refractivity contribution < 1.29 is 27.9 Å². The number of carbonyl (C=O) groups excluding carboxylic acids is 1. The molecule has 7 heteroatoms. The van der Waals surface area contributed by atoms with Crippen molar-refractivity contribution in [2.75, 3.05) is 0 Å². The molecule has 0 unspecified atom stereocenters. The van der Waals surface area contributed by atoms with Crippen LogP contribution in [-0.2, 0) is 9.59 Å². The molecular formula is C12H18F3NO3. The zero-order chi connectivity index (χ0) is 14.6. The van der Waals surface area contributed by atoms with Gasteiger partial charge in [-0.05, 0) is 38.5 Å². The summed E-state index contributed by atoms with van der Waals surface area (Å²) in [6.45, 7) is 1.35. The normalized spacial score (nSPS) is 25.7. The second-order valence-corrected chi connectivity index (χ2v) is 5.09. The third-order valence-corrected chi connectivity index (χ3v) is 3.53. The van der Waals surface area contributed by atoms with Gasteiger partial charge in [0.1, 0.15) is 6.04 Å². The monoisotopic (exact) mass is 281 g/mol. The van der Waals surface area contributed by atoms with E-state index in [1.807, 2.05) is 0 Å². The highest BCUT2D eigenvalue weighted by molar-refractivity contribution is 5.83. The first-order valence-corrected chi connectivity index (χ1v) is 6.29. The summed E-state index contributed by atoms with van der Waals surface area (Å²) in [5.41, 5.74) is 0. The Hall–Kier alpha value is -1.27. The van der Waals surface area contributed by atoms with Gasteiger partial charge < -0.3 is 10.4 Å². The van der Waals surface area contributed by atoms with E-state index in [1.165, 1.54) is 6.92 Å². The number of hydrogen-bond acceptors (Lipinski definition) is 2. The Balaban J connectivity index is 2.33. The van der Waals surface area contributed by atoms with Crippen LogP contribution < -0.4 is 5.32 Å². The van der Waals surface area contributed by atoms with E-state index in [2.05, 4.69) is 5.32 Å². The number of rotatable bonds is 4. The standard InChI is InChI=1S/C12H18F3NO3/c1-7(11(18)19)16-10(17)6-8-2-4-9(5-3-8)12(13,14)15/h7-9H,2-6H2,1H3,(H,16,17)(H,18,19)/t7-,8?,9?/m0/s1. The second-order valence-electron chi connectivity index (χ2n) is 5.09. The van der Waals surface area contributed by atoms with Crippen LogP contribution in [-0.4, -0.2) is 29.2 Å². The number of halogens is 3. The van der Waals surface area contributed by atoms with Gasteiger partial charge in [-0.3, -0.25) is 9.59 Å². The zero-order valence-corrected chi connectivity index (χ0v) is 10.7. The van der Waals surface area contributed by atoms with Crippen molar-refractivity contribution in [1.29, 1.82) is 0 Å². The zero-order valence-electron chi connectivity index (χ0n) is 10.7. The predicted molar refractivity (Wildman–Crippen MR) is 61.4 cm³/mol. The number of aliphatic carboxylic acids is 1. The molecule has 0 aromatic rings. The van der Waals surface area contributed by atoms with Crippen LogP contribution in [0.1, 0.15) is 39.0 Å². The number of hydrogen-bond donors (Lipinski definition) is 2. The van der Waals surface area contributed by atoms with Gasteiger partial charge in [0.2, 0.25) is 5.91 Å². The van der Waals surface area contributed by atoms with Crippen LogP contribution in [0.3, 0.4) is 0 Å². The van der Waals surface area contributed by atoms with Gasteiger partial charge >= 0.3 is 12.1 Å². The molecule has 0 radical (unpaired) electrons. The third-order valence-electron chi connectivity index (χ3n) is 3.53. The molecule has 0 aliphatic heterocycles. The Labute approximate surface area is 109 Å². The highest BCUT2D eigenvalue weighted by Gasteiger charge is 2.41. The van der Waals surface area contributed by atoms with Crippen LogP contribution in [0.25, 0.3) is 0 Å². The molecule has 1 saturated carbocycles. The Morgan fingerprint density at radius 3 is 2.21 bits per heavy atom. The van der Waals surface area contributed by atoms with E-state index >= 15 is 0 Å². The molecule has 1 aliphatic carbocycles. The average Bonchev–Trinajstić information content (AvgIpc) is 2.28. The molecular weight excluding hydrogens is 263 g/mol. The average molecular weight is 281 g/mol. The van der Waals surface area contributed by atoms with Crippen molar-refractivity contribution in [3.63, 3.8) is 0 Å². The van der Waals surface area contributed by atoms with Gasteiger partial charge in [0, 0.05) is 6.42 Å². The maximum atomic E-state index is 12.4. The Morgan fingerprint density at radius 2 is 1.79 bits per heavy atom. The van der Waals surface area contributed by atoms with Crippen molar-refractivity contribution in [1.82, 2.24) is 5.32 Å². The quantitative estimate of drug-likeness (QED) is 0.831. The summed E-state index contributed by atoms with van der Waals surface area (Å²) in [7, 11) is 0. The smallest absolute Gasteiger partial charge is 0.391 e. The van der Waals surface area contributed by atoms with E-state index in [-0.39, 0.29) is 25.2 Å². The highest BCUT2D eigenvalue weighted by atomic mass is 19.4. The van der Waals surface area contributed by atoms with E-state index < -0.39 is 30.0 Å². The largest absolute Gasteiger partial charge is 0.480 e. The van der Waals surface area contributed by atoms with Gasteiger partial charge in [-0.2, -0.15) is 13.2 Å². The van der Waals surface area contributed by atoms with Gasteiger partial charge in [-0.1, -0.05) is 0 Å². The minimum Gasteiger partial charge on any atom is -0.480 e. The fourth-order valence-electron chi connectivity index (χ4n) is 2.32. The molecule has 4 nitrogen and oxygen atoms in total. The lowest BCUT2D eigenvalue weighted by molar-refractivity contribution is -0.184. The number of carboxylic acid groups (broad SMARTS) is 1. The van der Waals surface area contributed by atoms with E-state index in [1.54, 1.807) is 0 Å². The fourth-order valence-corrected chi connectivity index (χ4v) is 2.32. The molecule has 1 rings (SSSR count). The number of alkyl halides is 3. The predicted octanol–water partition coefficient (Wildman–Crippen LogP) is 2.33. The topological polar surface area (TPSA) is 66.4 Å². The molecule has 110 valence electrons. The molecule has 0 bridgehead atoms. The van der Waals surface area contributed by atoms with E-state index in [0.717, 1.165) is 0 Å². The summed E-state index contributed by atoms with van der Waals surface area (Å²) < 4.78 is 37.3. The Morgan fingerprint density at radius 1 is 1.26 bits per heavy atom. The summed E-state index contributed by atoms with van der Waals surface area (Å²) in [4.78, 5) is 22.0. The first kappa shape index (κ1) is 15.8. The Kier molecular flexibility index (Phi) is 5.20. The van der Waals surface area contributed by atoms with Gasteiger partial charge in [-0.25, -0.2) is 0 Å². The van der Waals surface area contributed by atoms with Crippen molar-refractivity contribution in [3.05, 3.63) is 0 Å². The molecule has 0 spiro atoms. The molecule has 0 heterocycles. The summed E-state index contributed by atoms with van der Waals surface area (Å²) in [5.74, 6) is -2.89. The minimum atomic E-state index is -4.15. The van der Waals surface area contributed by atoms with Gasteiger partial charge in [-0.15, -0.1) is 0 Å². The lowest BCUT2D eigenvalue weighted by atomic mass is 9.80. The van der Waals surface area contributed by atoms with Crippen molar-refractivity contribution in [2.45, 2.75) is 51.2 Å². The third kappa shape index (κ3) is 5.08. The molecule has 1 aliphatic rings. The van der Waals surface area contributed by atoms with Crippen molar-refractivity contribution in [3.8, 4) is 0 Å². The second kappa shape index (κ2) is 6.25. The van der Waals surface area contributed by atoms with Crippen molar-refractivity contribution >= 4 is 11.9 Å². The summed E-state index contributed by atoms with van der Waals surface area (Å²) in [6.07, 6.45) is -3.22. The molecule has 2 N–H and O–H groups in total. The molecule has 0 aromatic heterocycles. The number of nitrogens with one attached hydrogen (secondary N) is 1. The molecule has 19 heavy (non-hydrogen) atoms. The Bertz CT molecular complexity index is 336. The summed E-state index contributed by atoms with van der Waals surface area (Å²) in [5, 5.41) is 10.9. The highest BCUT2D eigenvalue weighted by Crippen LogP contribution is 2.40. The molecule has 1 atom stereocenters. The van der Waals surface area contributed by atoms with E-state index in [0.29, 0.717) is 12.8 Å². The van der Waals surface area contributed by atoms with Crippen LogP contribution in [0.4, 0.5) is 13.2 Å². The van der Waals surface area contributed by atoms with Crippen LogP contribution in [0, 0.1) is 11.8 Å². The molecule has 1 amide bonds. The summed E-state index contributed by atoms with van der Waals surface area (Å²) in [6, 6.07) is -0.973. The van der Waals surface area contributed by atoms with Crippen LogP contribution in [0.2, 0.25) is 0 Å². The maximum Gasteiger partial charge on any atom is 0.391 e. The molecule has 0 saturated heterocycles. The lowest BCUT2D eigenvalue weighted by Crippen LogP contribution is -2.39. The molecule has 1 fully saturated rings. The molecule has 0 aromatic carbocycles. The van der Waals surface area contributed by atoms with Gasteiger partial charge in [0.25, 0.3) is 0 Å². The van der Waals surface area contributed by atoms with Gasteiger partial charge in [0.05, 0.1) is 5.92 Å². The number of amides is 1. The van der Waals surface area contributed by atoms with E-state index in [9.17, 15) is 22.8 Å². The van der Waals surface area contributed by atoms with E-state index in [4.69, 9.17) is 5.11 Å². The lowest BCUT2D eigenvalue weighted by Gasteiger charge is -2.29. The number of carbonyl (C=O) groups is 2. The van der Waals surface area contributed by atoms with Crippen LogP contribution in [0.5, 0.6) is 0 Å². The SMILES string of the molecule is C[C@H](NC(=O)CC1CCC(C(F)(F)F)CC1)C(=O)O. The fraction of sp³-hybridized carbons (Fsp3) is 0.833. The summed E-state index contributed by atoms with van der Waals surface area (Å²) >= 11 is 0. The van der Waals surface area contributed by atoms with Gasteiger partial charge in [0.15, 0.2) is 0 Å². The van der Waals surface area contributed by atoms with Crippen LogP contribution in [0.15, 0.2) is 0 Å².